The molecule has 1 fully saturated rings. The lowest BCUT2D eigenvalue weighted by atomic mass is 9.99. The maximum absolute atomic E-state index is 12.8. The number of phosphoric acid groups is 2. The molecule has 6 N–H and O–H groups in total. The Kier molecular flexibility index (Phi) is 31.0. The standard InChI is InChI=1S/C46H85N3O15P2/c1-5-37(4)28-24-20-16-12-10-8-6-7-9-11-13-17-21-25-29-41(50)59-33-38(62-42(51)30-26-22-18-14-15-19-23-27-36(2)3)34-60-65(55,56)64-66(57,58)61-35-39-43(52)44(53)45(63-39)49-32-31-40(47)48-46(49)54/h31-32,36-39,43-45,52-53H,5-30,33-35H2,1-4H3,(H,55,56)(H,57,58)(H2,47,48,54)/t37?,38-,39-,43+,44?,45-/m1/s1. The van der Waals surface area contributed by atoms with Gasteiger partial charge >= 0.3 is 33.3 Å². The second kappa shape index (κ2) is 34.1. The van der Waals surface area contributed by atoms with E-state index in [4.69, 9.17) is 29.0 Å². The molecule has 20 heteroatoms. The first-order valence-corrected chi connectivity index (χ1v) is 27.8. The number of carbonyl (C=O) groups excluding carboxylic acids is 2. The SMILES string of the molecule is CCC(C)CCCCCCCCCCCCCCCCC(=O)OC[C@H](COP(=O)(O)OP(=O)(O)OC[C@H]1O[C@@H](n2ccc(N)nc2=O)C(O)[C@H]1O)OC(=O)CCCCCCCCCC(C)C. The van der Waals surface area contributed by atoms with Crippen molar-refractivity contribution < 1.29 is 66.3 Å². The summed E-state index contributed by atoms with van der Waals surface area (Å²) in [5.74, 6) is 0.254. The van der Waals surface area contributed by atoms with Gasteiger partial charge in [0.25, 0.3) is 0 Å². The van der Waals surface area contributed by atoms with Crippen LogP contribution in [0, 0.1) is 11.8 Å². The zero-order valence-electron chi connectivity index (χ0n) is 40.3. The van der Waals surface area contributed by atoms with Gasteiger partial charge in [0.1, 0.15) is 30.7 Å². The van der Waals surface area contributed by atoms with E-state index in [-0.39, 0.29) is 18.7 Å². The van der Waals surface area contributed by atoms with Crippen LogP contribution in [0.1, 0.15) is 201 Å². The Hall–Kier alpha value is -2.24. The molecule has 8 atom stereocenters. The van der Waals surface area contributed by atoms with Crippen molar-refractivity contribution >= 4 is 33.4 Å². The van der Waals surface area contributed by atoms with Crippen LogP contribution in [0.4, 0.5) is 5.82 Å². The summed E-state index contributed by atoms with van der Waals surface area (Å²) >= 11 is 0. The summed E-state index contributed by atoms with van der Waals surface area (Å²) in [5, 5.41) is 20.9. The Labute approximate surface area is 393 Å². The van der Waals surface area contributed by atoms with E-state index in [1.54, 1.807) is 0 Å². The third kappa shape index (κ3) is 27.7. The number of esters is 2. The molecule has 18 nitrogen and oxygen atoms in total. The highest BCUT2D eigenvalue weighted by Crippen LogP contribution is 2.60. The van der Waals surface area contributed by atoms with Gasteiger partial charge in [-0.1, -0.05) is 169 Å². The molecule has 1 aliphatic rings. The molecule has 2 heterocycles. The minimum atomic E-state index is -5.41. The van der Waals surface area contributed by atoms with E-state index in [0.717, 1.165) is 61.9 Å². The minimum Gasteiger partial charge on any atom is -0.462 e. The fourth-order valence-corrected chi connectivity index (χ4v) is 9.76. The van der Waals surface area contributed by atoms with E-state index in [1.807, 2.05) is 0 Å². The fourth-order valence-electron chi connectivity index (χ4n) is 7.65. The van der Waals surface area contributed by atoms with Crippen molar-refractivity contribution in [1.82, 2.24) is 9.55 Å². The van der Waals surface area contributed by atoms with Crippen LogP contribution < -0.4 is 11.4 Å². The third-order valence-corrected chi connectivity index (χ3v) is 14.5. The monoisotopic (exact) mass is 982 g/mol. The molecule has 0 aromatic carbocycles. The van der Waals surface area contributed by atoms with Crippen molar-refractivity contribution in [3.63, 3.8) is 0 Å². The molecule has 0 radical (unpaired) electrons. The van der Waals surface area contributed by atoms with E-state index in [0.29, 0.717) is 18.8 Å². The summed E-state index contributed by atoms with van der Waals surface area (Å²) in [6.07, 6.45) is 20.8. The molecule has 1 aromatic rings. The van der Waals surface area contributed by atoms with Crippen LogP contribution in [-0.4, -0.2) is 85.7 Å². The quantitative estimate of drug-likeness (QED) is 0.0233. The average Bonchev–Trinajstić information content (AvgIpc) is 3.53. The summed E-state index contributed by atoms with van der Waals surface area (Å²) in [7, 11) is -10.8. The topological polar surface area (TPSA) is 265 Å². The van der Waals surface area contributed by atoms with Gasteiger partial charge in [0, 0.05) is 19.0 Å². The van der Waals surface area contributed by atoms with Crippen molar-refractivity contribution in [2.75, 3.05) is 25.6 Å². The molecule has 1 aliphatic heterocycles. The van der Waals surface area contributed by atoms with Crippen LogP contribution >= 0.6 is 15.6 Å². The Morgan fingerprint density at radius 3 is 1.73 bits per heavy atom. The first kappa shape index (κ1) is 59.9. The van der Waals surface area contributed by atoms with E-state index in [9.17, 15) is 43.5 Å². The van der Waals surface area contributed by atoms with E-state index >= 15 is 0 Å². The number of carbonyl (C=O) groups is 2. The van der Waals surface area contributed by atoms with Crippen LogP contribution in [0.2, 0.25) is 0 Å². The van der Waals surface area contributed by atoms with Crippen LogP contribution in [0.5, 0.6) is 0 Å². The Balaban J connectivity index is 1.77. The number of anilines is 1. The number of aromatic nitrogens is 2. The number of aliphatic hydroxyl groups excluding tert-OH is 2. The van der Waals surface area contributed by atoms with Crippen LogP contribution in [0.15, 0.2) is 17.1 Å². The Bertz CT molecular complexity index is 1640. The van der Waals surface area contributed by atoms with Crippen molar-refractivity contribution in [3.8, 4) is 0 Å². The van der Waals surface area contributed by atoms with Crippen molar-refractivity contribution in [1.29, 1.82) is 0 Å². The number of ether oxygens (including phenoxy) is 3. The summed E-state index contributed by atoms with van der Waals surface area (Å²) < 4.78 is 56.7. The number of nitrogens with two attached hydrogens (primary N) is 1. The Morgan fingerprint density at radius 1 is 0.727 bits per heavy atom. The van der Waals surface area contributed by atoms with Gasteiger partial charge in [0.2, 0.25) is 0 Å². The van der Waals surface area contributed by atoms with Gasteiger partial charge in [-0.25, -0.2) is 13.9 Å². The van der Waals surface area contributed by atoms with E-state index in [2.05, 4.69) is 37.0 Å². The van der Waals surface area contributed by atoms with E-state index in [1.165, 1.54) is 102 Å². The smallest absolute Gasteiger partial charge is 0.462 e. The number of rotatable bonds is 40. The highest BCUT2D eigenvalue weighted by molar-refractivity contribution is 7.61. The molecule has 0 spiro atoms. The first-order chi connectivity index (χ1) is 31.4. The summed E-state index contributed by atoms with van der Waals surface area (Å²) in [5.41, 5.74) is 4.59. The summed E-state index contributed by atoms with van der Waals surface area (Å²) in [6, 6.07) is 1.25. The normalized spacial score (nSPS) is 20.2. The lowest BCUT2D eigenvalue weighted by Gasteiger charge is -2.21. The zero-order valence-corrected chi connectivity index (χ0v) is 42.1. The molecule has 2 rings (SSSR count). The maximum atomic E-state index is 12.8. The molecule has 66 heavy (non-hydrogen) atoms. The van der Waals surface area contributed by atoms with Crippen molar-refractivity contribution in [2.24, 2.45) is 11.8 Å². The fraction of sp³-hybridized carbons (Fsp3) is 0.870. The zero-order chi connectivity index (χ0) is 48.8. The molecule has 0 amide bonds. The van der Waals surface area contributed by atoms with Gasteiger partial charge in [-0.3, -0.25) is 23.2 Å². The second-order valence-corrected chi connectivity index (χ2v) is 21.4. The molecule has 1 aromatic heterocycles. The van der Waals surface area contributed by atoms with Crippen molar-refractivity contribution in [2.45, 2.75) is 225 Å². The molecule has 384 valence electrons. The summed E-state index contributed by atoms with van der Waals surface area (Å²) in [4.78, 5) is 61.7. The van der Waals surface area contributed by atoms with Gasteiger partial charge in [0.05, 0.1) is 13.2 Å². The minimum absolute atomic E-state index is 0.0532. The number of nitrogen functional groups attached to an aromatic ring is 1. The molecular weight excluding hydrogens is 896 g/mol. The number of hydrogen-bond donors (Lipinski definition) is 5. The van der Waals surface area contributed by atoms with Crippen LogP contribution in [-0.2, 0) is 46.3 Å². The van der Waals surface area contributed by atoms with Gasteiger partial charge in [-0.15, -0.1) is 0 Å². The largest absolute Gasteiger partial charge is 0.481 e. The highest BCUT2D eigenvalue weighted by Gasteiger charge is 2.46. The molecule has 0 saturated carbocycles. The van der Waals surface area contributed by atoms with E-state index < -0.39 is 83.7 Å². The first-order valence-electron chi connectivity index (χ1n) is 24.8. The van der Waals surface area contributed by atoms with Crippen molar-refractivity contribution in [3.05, 3.63) is 22.7 Å². The number of unbranched alkanes of at least 4 members (excludes halogenated alkanes) is 19. The predicted molar refractivity (Wildman–Crippen MR) is 252 cm³/mol. The average molecular weight is 982 g/mol. The predicted octanol–water partition coefficient (Wildman–Crippen LogP) is 9.60. The lowest BCUT2D eigenvalue weighted by Crippen LogP contribution is -2.36. The molecule has 4 unspecified atom stereocenters. The number of nitrogens with zero attached hydrogens (tertiary/aromatic N) is 2. The number of aliphatic hydroxyl groups is 2. The molecule has 0 bridgehead atoms. The second-order valence-electron chi connectivity index (χ2n) is 18.4. The Morgan fingerprint density at radius 2 is 1.21 bits per heavy atom. The van der Waals surface area contributed by atoms with Gasteiger partial charge in [0.15, 0.2) is 12.3 Å². The molecule has 1 saturated heterocycles. The lowest BCUT2D eigenvalue weighted by molar-refractivity contribution is -0.161. The molecular formula is C46H85N3O15P2. The molecule has 0 aliphatic carbocycles. The maximum Gasteiger partial charge on any atom is 0.481 e. The third-order valence-electron chi connectivity index (χ3n) is 11.9. The number of hydrogen-bond acceptors (Lipinski definition) is 15. The number of phosphoric ester groups is 2. The summed E-state index contributed by atoms with van der Waals surface area (Å²) in [6.45, 7) is 6.74. The van der Waals surface area contributed by atoms with Crippen LogP contribution in [0.3, 0.4) is 0 Å². The van der Waals surface area contributed by atoms with Gasteiger partial charge < -0.3 is 39.9 Å². The highest BCUT2D eigenvalue weighted by atomic mass is 31.3. The van der Waals surface area contributed by atoms with Crippen LogP contribution in [0.25, 0.3) is 0 Å². The van der Waals surface area contributed by atoms with Gasteiger partial charge in [-0.2, -0.15) is 9.29 Å². The van der Waals surface area contributed by atoms with Gasteiger partial charge in [-0.05, 0) is 30.7 Å².